The Morgan fingerprint density at radius 3 is 2.72 bits per heavy atom. The first-order chi connectivity index (χ1) is 8.40. The molecule has 18 heavy (non-hydrogen) atoms. The van der Waals surface area contributed by atoms with Gasteiger partial charge >= 0.3 is 0 Å². The van der Waals surface area contributed by atoms with E-state index in [0.717, 1.165) is 23.5 Å². The summed E-state index contributed by atoms with van der Waals surface area (Å²) in [7, 11) is 1.96. The van der Waals surface area contributed by atoms with Crippen LogP contribution in [0.5, 0.6) is 5.75 Å². The smallest absolute Gasteiger partial charge is 0.252 e. The Labute approximate surface area is 105 Å². The van der Waals surface area contributed by atoms with Crippen molar-refractivity contribution in [2.24, 2.45) is 5.73 Å². The lowest BCUT2D eigenvalue weighted by Gasteiger charge is -2.45. The molecule has 3 nitrogen and oxygen atoms in total. The highest BCUT2D eigenvalue weighted by Crippen LogP contribution is 2.51. The molecule has 5 heteroatoms. The van der Waals surface area contributed by atoms with E-state index >= 15 is 0 Å². The Hall–Kier alpha value is -1.36. The summed E-state index contributed by atoms with van der Waals surface area (Å²) < 4.78 is 31.6. The van der Waals surface area contributed by atoms with Crippen molar-refractivity contribution in [1.82, 2.24) is 0 Å². The predicted octanol–water partition coefficient (Wildman–Crippen LogP) is 2.10. The van der Waals surface area contributed by atoms with Crippen molar-refractivity contribution >= 4 is 5.69 Å². The number of alkyl halides is 2. The molecule has 3 rings (SSSR count). The van der Waals surface area contributed by atoms with Gasteiger partial charge in [-0.25, -0.2) is 8.78 Å². The van der Waals surface area contributed by atoms with Crippen LogP contribution in [0.15, 0.2) is 18.2 Å². The number of benzene rings is 1. The first-order valence-electron chi connectivity index (χ1n) is 6.05. The van der Waals surface area contributed by atoms with Crippen LogP contribution in [0, 0.1) is 0 Å². The molecule has 1 heterocycles. The van der Waals surface area contributed by atoms with Crippen LogP contribution in [0.25, 0.3) is 0 Å². The minimum atomic E-state index is -2.62. The van der Waals surface area contributed by atoms with Crippen LogP contribution in [0.3, 0.4) is 0 Å². The molecule has 1 aliphatic heterocycles. The van der Waals surface area contributed by atoms with Crippen LogP contribution in [0.1, 0.15) is 18.4 Å². The predicted molar refractivity (Wildman–Crippen MR) is 65.3 cm³/mol. The number of hydrogen-bond donors (Lipinski definition) is 1. The van der Waals surface area contributed by atoms with Gasteiger partial charge in [-0.3, -0.25) is 0 Å². The van der Waals surface area contributed by atoms with Crippen LogP contribution in [0.2, 0.25) is 0 Å². The van der Waals surface area contributed by atoms with Gasteiger partial charge in [0.1, 0.15) is 12.4 Å². The van der Waals surface area contributed by atoms with Gasteiger partial charge in [-0.15, -0.1) is 0 Å². The number of rotatable bonds is 1. The highest BCUT2D eigenvalue weighted by molar-refractivity contribution is 5.62. The molecule has 98 valence electrons. The third-order valence-electron chi connectivity index (χ3n) is 3.78. The normalized spacial score (nSPS) is 23.9. The molecule has 1 saturated carbocycles. The van der Waals surface area contributed by atoms with E-state index in [1.165, 1.54) is 0 Å². The molecule has 0 bridgehead atoms. The lowest BCUT2D eigenvalue weighted by molar-refractivity contribution is -0.125. The second-order valence-corrected chi connectivity index (χ2v) is 5.32. The van der Waals surface area contributed by atoms with Crippen LogP contribution < -0.4 is 15.4 Å². The Bertz CT molecular complexity index is 482. The number of nitrogens with zero attached hydrogens (tertiary/aromatic N) is 1. The second-order valence-electron chi connectivity index (χ2n) is 5.32. The van der Waals surface area contributed by atoms with Gasteiger partial charge in [0.25, 0.3) is 5.92 Å². The number of likely N-dealkylation sites (N-methyl/N-ethyl adjacent to an activating group) is 1. The maximum Gasteiger partial charge on any atom is 0.252 e. The molecule has 2 aliphatic rings. The molecule has 2 N–H and O–H groups in total. The molecule has 1 aromatic carbocycles. The maximum absolute atomic E-state index is 13.0. The zero-order valence-corrected chi connectivity index (χ0v) is 10.2. The summed E-state index contributed by atoms with van der Waals surface area (Å²) >= 11 is 0. The molecular formula is C13H16F2N2O. The molecule has 1 aliphatic carbocycles. The Morgan fingerprint density at radius 2 is 2.06 bits per heavy atom. The summed E-state index contributed by atoms with van der Waals surface area (Å²) in [5.41, 5.74) is 6.84. The number of anilines is 1. The standard InChI is InChI=1S/C13H16F2N2O/c1-17-4-5-18-11-3-2-9(6-10(11)17)12(16)7-13(14,15)8-12/h2-3,6H,4-5,7-8,16H2,1H3. The molecule has 0 radical (unpaired) electrons. The fourth-order valence-electron chi connectivity index (χ4n) is 2.74. The quantitative estimate of drug-likeness (QED) is 0.834. The lowest BCUT2D eigenvalue weighted by Crippen LogP contribution is -2.55. The Balaban J connectivity index is 1.93. The van der Waals surface area contributed by atoms with E-state index in [1.807, 2.05) is 19.2 Å². The van der Waals surface area contributed by atoms with Crippen LogP contribution >= 0.6 is 0 Å². The van der Waals surface area contributed by atoms with Gasteiger partial charge in [0.15, 0.2) is 0 Å². The third-order valence-corrected chi connectivity index (χ3v) is 3.78. The van der Waals surface area contributed by atoms with E-state index in [-0.39, 0.29) is 12.8 Å². The van der Waals surface area contributed by atoms with E-state index in [4.69, 9.17) is 10.5 Å². The summed E-state index contributed by atoms with van der Waals surface area (Å²) in [6.45, 7) is 1.44. The number of hydrogen-bond acceptors (Lipinski definition) is 3. The van der Waals surface area contributed by atoms with E-state index in [0.29, 0.717) is 6.61 Å². The van der Waals surface area contributed by atoms with Gasteiger partial charge in [0, 0.05) is 19.9 Å². The zero-order valence-electron chi connectivity index (χ0n) is 10.2. The minimum absolute atomic E-state index is 0.274. The van der Waals surface area contributed by atoms with Crippen LogP contribution in [-0.4, -0.2) is 26.1 Å². The summed E-state index contributed by atoms with van der Waals surface area (Å²) in [5, 5.41) is 0. The molecule has 0 saturated heterocycles. The average Bonchev–Trinajstić information content (AvgIpc) is 2.26. The third kappa shape index (κ3) is 1.73. The highest BCUT2D eigenvalue weighted by atomic mass is 19.3. The van der Waals surface area contributed by atoms with Gasteiger partial charge in [0.2, 0.25) is 0 Å². The van der Waals surface area contributed by atoms with Crippen molar-refractivity contribution in [2.45, 2.75) is 24.3 Å². The second kappa shape index (κ2) is 3.57. The van der Waals surface area contributed by atoms with Gasteiger partial charge in [0.05, 0.1) is 17.8 Å². The fraction of sp³-hybridized carbons (Fsp3) is 0.538. The van der Waals surface area contributed by atoms with E-state index in [1.54, 1.807) is 6.07 Å². The van der Waals surface area contributed by atoms with Gasteiger partial charge in [-0.2, -0.15) is 0 Å². The van der Waals surface area contributed by atoms with Gasteiger partial charge in [-0.1, -0.05) is 6.07 Å². The number of fused-ring (bicyclic) bond motifs is 1. The lowest BCUT2D eigenvalue weighted by atomic mass is 9.70. The molecule has 0 aromatic heterocycles. The van der Waals surface area contributed by atoms with Crippen molar-refractivity contribution < 1.29 is 13.5 Å². The molecule has 1 fully saturated rings. The van der Waals surface area contributed by atoms with E-state index < -0.39 is 11.5 Å². The first-order valence-corrected chi connectivity index (χ1v) is 6.05. The Kier molecular flexibility index (Phi) is 2.32. The number of nitrogens with two attached hydrogens (primary N) is 1. The summed E-state index contributed by atoms with van der Waals surface area (Å²) in [6.07, 6.45) is -0.549. The van der Waals surface area contributed by atoms with Crippen molar-refractivity contribution in [2.75, 3.05) is 25.1 Å². The molecular weight excluding hydrogens is 238 g/mol. The van der Waals surface area contributed by atoms with Crippen molar-refractivity contribution in [3.8, 4) is 5.75 Å². The highest BCUT2D eigenvalue weighted by Gasteiger charge is 2.55. The monoisotopic (exact) mass is 254 g/mol. The first kappa shape index (κ1) is 11.7. The largest absolute Gasteiger partial charge is 0.490 e. The molecule has 0 spiro atoms. The number of ether oxygens (including phenoxy) is 1. The van der Waals surface area contributed by atoms with Crippen LogP contribution in [0.4, 0.5) is 14.5 Å². The van der Waals surface area contributed by atoms with E-state index in [2.05, 4.69) is 4.90 Å². The Morgan fingerprint density at radius 1 is 1.33 bits per heavy atom. The molecule has 0 amide bonds. The average molecular weight is 254 g/mol. The molecule has 1 aromatic rings. The zero-order chi connectivity index (χ0) is 13.0. The fourth-order valence-corrected chi connectivity index (χ4v) is 2.74. The van der Waals surface area contributed by atoms with E-state index in [9.17, 15) is 8.78 Å². The van der Waals surface area contributed by atoms with Crippen molar-refractivity contribution in [1.29, 1.82) is 0 Å². The minimum Gasteiger partial charge on any atom is -0.490 e. The summed E-state index contributed by atoms with van der Waals surface area (Å²) in [6, 6.07) is 5.50. The van der Waals surface area contributed by atoms with Crippen molar-refractivity contribution in [3.05, 3.63) is 23.8 Å². The summed E-state index contributed by atoms with van der Waals surface area (Å²) in [5.74, 6) is -1.82. The van der Waals surface area contributed by atoms with Gasteiger partial charge < -0.3 is 15.4 Å². The molecule has 0 unspecified atom stereocenters. The number of halogens is 2. The SMILES string of the molecule is CN1CCOc2ccc(C3(N)CC(F)(F)C3)cc21. The van der Waals surface area contributed by atoms with Crippen LogP contribution in [-0.2, 0) is 5.54 Å². The maximum atomic E-state index is 13.0. The topological polar surface area (TPSA) is 38.5 Å². The molecule has 0 atom stereocenters. The van der Waals surface area contributed by atoms with Gasteiger partial charge in [-0.05, 0) is 17.7 Å². The summed E-state index contributed by atoms with van der Waals surface area (Å²) in [4.78, 5) is 2.06. The van der Waals surface area contributed by atoms with Crippen molar-refractivity contribution in [3.63, 3.8) is 0 Å².